The summed E-state index contributed by atoms with van der Waals surface area (Å²) in [6.45, 7) is 4.86. The lowest BCUT2D eigenvalue weighted by Crippen LogP contribution is -2.15. The molecule has 1 saturated heterocycles. The van der Waals surface area contributed by atoms with Crippen LogP contribution in [-0.2, 0) is 9.53 Å². The van der Waals surface area contributed by atoms with E-state index in [-0.39, 0.29) is 5.97 Å². The van der Waals surface area contributed by atoms with Crippen molar-refractivity contribution < 1.29 is 9.53 Å². The molecule has 0 bridgehead atoms. The van der Waals surface area contributed by atoms with Crippen molar-refractivity contribution in [3.8, 4) is 0 Å². The molecule has 0 unspecified atom stereocenters. The second-order valence-electron chi connectivity index (χ2n) is 4.21. The molecule has 0 radical (unpaired) electrons. The van der Waals surface area contributed by atoms with E-state index in [1.165, 1.54) is 13.5 Å². The van der Waals surface area contributed by atoms with E-state index in [2.05, 4.69) is 11.9 Å². The smallest absolute Gasteiger partial charge is 0.337 e. The lowest BCUT2D eigenvalue weighted by atomic mass is 9.95. The third-order valence-corrected chi connectivity index (χ3v) is 3.15. The first-order valence-corrected chi connectivity index (χ1v) is 5.84. The summed E-state index contributed by atoms with van der Waals surface area (Å²) in [5.74, 6) is -0.365. The zero-order valence-corrected chi connectivity index (χ0v) is 10.0. The van der Waals surface area contributed by atoms with Crippen molar-refractivity contribution in [2.75, 3.05) is 13.7 Å². The Kier molecular flexibility index (Phi) is 3.59. The molecule has 1 heterocycles. The first kappa shape index (κ1) is 11.9. The highest BCUT2D eigenvalue weighted by molar-refractivity contribution is 6.16. The van der Waals surface area contributed by atoms with Crippen LogP contribution in [0.3, 0.4) is 0 Å². The maximum Gasteiger partial charge on any atom is 0.337 e. The number of methoxy groups -OCH3 is 1. The van der Waals surface area contributed by atoms with Crippen LogP contribution in [0.2, 0.25) is 0 Å². The van der Waals surface area contributed by atoms with Crippen molar-refractivity contribution in [2.24, 2.45) is 0 Å². The predicted octanol–water partition coefficient (Wildman–Crippen LogP) is 2.30. The fraction of sp³-hybridized carbons (Fsp3) is 0.357. The Bertz CT molecular complexity index is 434. The Labute approximate surface area is 101 Å². The first-order valence-electron chi connectivity index (χ1n) is 5.84. The highest BCUT2D eigenvalue weighted by atomic mass is 16.5. The molecule has 3 heteroatoms. The summed E-state index contributed by atoms with van der Waals surface area (Å²) < 4.78 is 4.73. The van der Waals surface area contributed by atoms with Gasteiger partial charge in [-0.15, -0.1) is 0 Å². The van der Waals surface area contributed by atoms with Crippen LogP contribution in [0.1, 0.15) is 30.0 Å². The van der Waals surface area contributed by atoms with Crippen molar-refractivity contribution in [3.63, 3.8) is 0 Å². The van der Waals surface area contributed by atoms with Gasteiger partial charge in [0.15, 0.2) is 0 Å². The summed E-state index contributed by atoms with van der Waals surface area (Å²) in [4.78, 5) is 11.5. The van der Waals surface area contributed by atoms with Gasteiger partial charge in [-0.3, -0.25) is 0 Å². The fourth-order valence-electron chi connectivity index (χ4n) is 2.26. The van der Waals surface area contributed by atoms with Crippen molar-refractivity contribution in [3.05, 3.63) is 42.0 Å². The Balaban J connectivity index is 2.33. The summed E-state index contributed by atoms with van der Waals surface area (Å²) in [5, 5.41) is 3.43. The normalized spacial score (nSPS) is 19.0. The van der Waals surface area contributed by atoms with Gasteiger partial charge in [0.1, 0.15) is 0 Å². The standard InChI is InChI=1S/C14H17NO2/c1-10(14(16)17-2)11-6-3-4-7-12(11)13-8-5-9-15-13/h3-4,6-7,13,15H,1,5,8-9H2,2H3/t13-/m0/s1. The van der Waals surface area contributed by atoms with Gasteiger partial charge in [0, 0.05) is 6.04 Å². The van der Waals surface area contributed by atoms with E-state index >= 15 is 0 Å². The zero-order chi connectivity index (χ0) is 12.3. The van der Waals surface area contributed by atoms with E-state index in [4.69, 9.17) is 4.74 Å². The molecule has 2 rings (SSSR count). The number of carbonyl (C=O) groups is 1. The maximum absolute atomic E-state index is 11.5. The summed E-state index contributed by atoms with van der Waals surface area (Å²) in [6.07, 6.45) is 2.27. The van der Waals surface area contributed by atoms with Crippen LogP contribution in [0.25, 0.3) is 5.57 Å². The molecular formula is C14H17NO2. The molecule has 3 nitrogen and oxygen atoms in total. The molecule has 1 aromatic carbocycles. The molecule has 0 aromatic heterocycles. The minimum Gasteiger partial charge on any atom is -0.465 e. The summed E-state index contributed by atoms with van der Waals surface area (Å²) >= 11 is 0. The lowest BCUT2D eigenvalue weighted by molar-refractivity contribution is -0.133. The largest absolute Gasteiger partial charge is 0.465 e. The van der Waals surface area contributed by atoms with Crippen LogP contribution < -0.4 is 5.32 Å². The molecule has 0 amide bonds. The monoisotopic (exact) mass is 231 g/mol. The number of ether oxygens (including phenoxy) is 1. The molecule has 0 spiro atoms. The zero-order valence-electron chi connectivity index (χ0n) is 10.0. The van der Waals surface area contributed by atoms with Crippen LogP contribution in [-0.4, -0.2) is 19.6 Å². The van der Waals surface area contributed by atoms with Gasteiger partial charge in [-0.25, -0.2) is 4.79 Å². The van der Waals surface area contributed by atoms with Gasteiger partial charge in [0.2, 0.25) is 0 Å². The van der Waals surface area contributed by atoms with E-state index in [0.29, 0.717) is 11.6 Å². The molecule has 17 heavy (non-hydrogen) atoms. The predicted molar refractivity (Wildman–Crippen MR) is 67.5 cm³/mol. The number of rotatable bonds is 3. The molecule has 1 aliphatic rings. The molecule has 1 N–H and O–H groups in total. The summed E-state index contributed by atoms with van der Waals surface area (Å²) in [5.41, 5.74) is 2.45. The van der Waals surface area contributed by atoms with Crippen molar-refractivity contribution >= 4 is 11.5 Å². The molecule has 1 atom stereocenters. The average molecular weight is 231 g/mol. The SMILES string of the molecule is C=C(C(=O)OC)c1ccccc1[C@@H]1CCCN1. The maximum atomic E-state index is 11.5. The van der Waals surface area contributed by atoms with E-state index < -0.39 is 0 Å². The van der Waals surface area contributed by atoms with Crippen LogP contribution in [0.5, 0.6) is 0 Å². The van der Waals surface area contributed by atoms with Crippen molar-refractivity contribution in [1.82, 2.24) is 5.32 Å². The van der Waals surface area contributed by atoms with Crippen LogP contribution >= 0.6 is 0 Å². The van der Waals surface area contributed by atoms with E-state index in [1.54, 1.807) is 0 Å². The van der Waals surface area contributed by atoms with Gasteiger partial charge in [-0.2, -0.15) is 0 Å². The second kappa shape index (κ2) is 5.15. The highest BCUT2D eigenvalue weighted by Gasteiger charge is 2.21. The first-order chi connectivity index (χ1) is 8.24. The Morgan fingerprint density at radius 3 is 2.88 bits per heavy atom. The van der Waals surface area contributed by atoms with Gasteiger partial charge >= 0.3 is 5.97 Å². The second-order valence-corrected chi connectivity index (χ2v) is 4.21. The molecule has 0 saturated carbocycles. The van der Waals surface area contributed by atoms with Gasteiger partial charge < -0.3 is 10.1 Å². The molecular weight excluding hydrogens is 214 g/mol. The van der Waals surface area contributed by atoms with Gasteiger partial charge in [0.05, 0.1) is 12.7 Å². The average Bonchev–Trinajstić information content (AvgIpc) is 2.90. The fourth-order valence-corrected chi connectivity index (χ4v) is 2.26. The summed E-state index contributed by atoms with van der Waals surface area (Å²) in [7, 11) is 1.38. The van der Waals surface area contributed by atoms with E-state index in [0.717, 1.165) is 24.1 Å². The Morgan fingerprint density at radius 2 is 2.24 bits per heavy atom. The summed E-state index contributed by atoms with van der Waals surface area (Å²) in [6, 6.07) is 8.21. The number of nitrogens with one attached hydrogen (secondary N) is 1. The van der Waals surface area contributed by atoms with Gasteiger partial charge in [0.25, 0.3) is 0 Å². The molecule has 1 aromatic rings. The van der Waals surface area contributed by atoms with Gasteiger partial charge in [-0.05, 0) is 30.5 Å². The lowest BCUT2D eigenvalue weighted by Gasteiger charge is -2.16. The topological polar surface area (TPSA) is 38.3 Å². The van der Waals surface area contributed by atoms with E-state index in [9.17, 15) is 4.79 Å². The minimum atomic E-state index is -0.365. The third kappa shape index (κ3) is 2.39. The van der Waals surface area contributed by atoms with Crippen LogP contribution in [0.4, 0.5) is 0 Å². The van der Waals surface area contributed by atoms with Crippen LogP contribution in [0, 0.1) is 0 Å². The number of esters is 1. The van der Waals surface area contributed by atoms with Crippen molar-refractivity contribution in [1.29, 1.82) is 0 Å². The highest BCUT2D eigenvalue weighted by Crippen LogP contribution is 2.29. The quantitative estimate of drug-likeness (QED) is 0.640. The molecule has 1 aliphatic heterocycles. The van der Waals surface area contributed by atoms with E-state index in [1.807, 2.05) is 24.3 Å². The number of hydrogen-bond donors (Lipinski definition) is 1. The minimum absolute atomic E-state index is 0.326. The van der Waals surface area contributed by atoms with Crippen molar-refractivity contribution in [2.45, 2.75) is 18.9 Å². The number of hydrogen-bond acceptors (Lipinski definition) is 3. The Hall–Kier alpha value is -1.61. The molecule has 90 valence electrons. The van der Waals surface area contributed by atoms with Gasteiger partial charge in [-0.1, -0.05) is 30.8 Å². The third-order valence-electron chi connectivity index (χ3n) is 3.15. The van der Waals surface area contributed by atoms with Crippen LogP contribution in [0.15, 0.2) is 30.8 Å². The Morgan fingerprint density at radius 1 is 1.47 bits per heavy atom. The molecule has 0 aliphatic carbocycles. The number of benzene rings is 1. The molecule has 1 fully saturated rings. The number of carbonyl (C=O) groups excluding carboxylic acids is 1.